The Labute approximate surface area is 132 Å². The summed E-state index contributed by atoms with van der Waals surface area (Å²) in [6.07, 6.45) is 6.21. The Morgan fingerprint density at radius 1 is 1.18 bits per heavy atom. The lowest BCUT2D eigenvalue weighted by molar-refractivity contribution is -0.115. The number of nitrogens with zero attached hydrogens (tertiary/aromatic N) is 1. The van der Waals surface area contributed by atoms with Gasteiger partial charge in [0.25, 0.3) is 0 Å². The molecule has 0 saturated heterocycles. The Morgan fingerprint density at radius 3 is 2.45 bits per heavy atom. The Hall–Kier alpha value is -1.81. The third-order valence-corrected chi connectivity index (χ3v) is 4.37. The van der Waals surface area contributed by atoms with Crippen LogP contribution in [-0.4, -0.2) is 45.5 Å². The van der Waals surface area contributed by atoms with Crippen molar-refractivity contribution in [2.24, 2.45) is 0 Å². The largest absolute Gasteiger partial charge is 0.493 e. The van der Waals surface area contributed by atoms with Crippen LogP contribution in [0.2, 0.25) is 0 Å². The fourth-order valence-corrected chi connectivity index (χ4v) is 2.93. The number of methoxy groups -OCH3 is 2. The molecule has 4 nitrogen and oxygen atoms in total. The van der Waals surface area contributed by atoms with E-state index in [9.17, 15) is 4.79 Å². The highest BCUT2D eigenvalue weighted by atomic mass is 16.5. The van der Waals surface area contributed by atoms with Crippen molar-refractivity contribution in [3.8, 4) is 11.5 Å². The lowest BCUT2D eigenvalue weighted by Crippen LogP contribution is -2.32. The Balaban J connectivity index is 2.40. The third-order valence-electron chi connectivity index (χ3n) is 4.37. The summed E-state index contributed by atoms with van der Waals surface area (Å²) in [4.78, 5) is 13.8. The third kappa shape index (κ3) is 3.50. The average molecular weight is 303 g/mol. The van der Waals surface area contributed by atoms with Crippen molar-refractivity contribution in [3.05, 3.63) is 35.9 Å². The van der Waals surface area contributed by atoms with Gasteiger partial charge in [0, 0.05) is 11.8 Å². The van der Waals surface area contributed by atoms with Crippen LogP contribution < -0.4 is 9.47 Å². The fourth-order valence-electron chi connectivity index (χ4n) is 2.93. The minimum Gasteiger partial charge on any atom is -0.493 e. The fraction of sp³-hybridized carbons (Fsp3) is 0.500. The van der Waals surface area contributed by atoms with E-state index >= 15 is 0 Å². The standard InChI is InChI=1S/C18H25NO3/c1-19(2)12-11-18(9-7-15(20)8-10-18)14-5-6-16(21-3)17(13-14)22-4/h5-7,9,13H,8,10-12H2,1-4H3/t18-/m1/s1. The summed E-state index contributed by atoms with van der Waals surface area (Å²) in [5.41, 5.74) is 1.06. The maximum atomic E-state index is 11.6. The van der Waals surface area contributed by atoms with Gasteiger partial charge in [-0.1, -0.05) is 12.1 Å². The normalized spacial score (nSPS) is 21.2. The van der Waals surface area contributed by atoms with Crippen molar-refractivity contribution in [2.45, 2.75) is 24.7 Å². The lowest BCUT2D eigenvalue weighted by Gasteiger charge is -2.35. The number of ether oxygens (including phenoxy) is 2. The molecule has 1 aliphatic carbocycles. The quantitative estimate of drug-likeness (QED) is 0.810. The molecule has 0 N–H and O–H groups in total. The zero-order valence-electron chi connectivity index (χ0n) is 13.9. The molecule has 2 rings (SSSR count). The highest BCUT2D eigenvalue weighted by molar-refractivity contribution is 5.91. The second-order valence-corrected chi connectivity index (χ2v) is 6.08. The smallest absolute Gasteiger partial charge is 0.161 e. The minimum atomic E-state index is -0.113. The van der Waals surface area contributed by atoms with Crippen molar-refractivity contribution in [1.82, 2.24) is 4.90 Å². The number of hydrogen-bond donors (Lipinski definition) is 0. The summed E-state index contributed by atoms with van der Waals surface area (Å²) in [6, 6.07) is 6.06. The molecule has 1 aromatic carbocycles. The van der Waals surface area contributed by atoms with Gasteiger partial charge in [-0.05, 0) is 57.3 Å². The van der Waals surface area contributed by atoms with E-state index in [2.05, 4.69) is 31.1 Å². The van der Waals surface area contributed by atoms with Crippen LogP contribution in [0.15, 0.2) is 30.4 Å². The van der Waals surface area contributed by atoms with E-state index in [-0.39, 0.29) is 11.2 Å². The summed E-state index contributed by atoms with van der Waals surface area (Å²) >= 11 is 0. The summed E-state index contributed by atoms with van der Waals surface area (Å²) in [5, 5.41) is 0. The summed E-state index contributed by atoms with van der Waals surface area (Å²) < 4.78 is 10.8. The van der Waals surface area contributed by atoms with Gasteiger partial charge in [0.2, 0.25) is 0 Å². The van der Waals surface area contributed by atoms with Crippen LogP contribution in [0, 0.1) is 0 Å². The molecule has 1 aliphatic rings. The van der Waals surface area contributed by atoms with E-state index in [0.29, 0.717) is 6.42 Å². The summed E-state index contributed by atoms with van der Waals surface area (Å²) in [7, 11) is 7.42. The first kappa shape index (κ1) is 16.6. The van der Waals surface area contributed by atoms with E-state index < -0.39 is 0 Å². The van der Waals surface area contributed by atoms with Gasteiger partial charge in [-0.2, -0.15) is 0 Å². The molecule has 120 valence electrons. The molecule has 0 amide bonds. The number of allylic oxidation sites excluding steroid dienone is 2. The zero-order valence-corrected chi connectivity index (χ0v) is 13.9. The molecule has 4 heteroatoms. The van der Waals surface area contributed by atoms with Gasteiger partial charge in [0.05, 0.1) is 14.2 Å². The summed E-state index contributed by atoms with van der Waals surface area (Å²) in [5.74, 6) is 1.67. The minimum absolute atomic E-state index is 0.113. The van der Waals surface area contributed by atoms with Crippen LogP contribution in [0.3, 0.4) is 0 Å². The van der Waals surface area contributed by atoms with E-state index in [1.54, 1.807) is 20.3 Å². The molecule has 22 heavy (non-hydrogen) atoms. The Kier molecular flexibility index (Phi) is 5.24. The van der Waals surface area contributed by atoms with Crippen LogP contribution in [0.25, 0.3) is 0 Å². The van der Waals surface area contributed by atoms with Crippen LogP contribution in [0.4, 0.5) is 0 Å². The van der Waals surface area contributed by atoms with Crippen molar-refractivity contribution >= 4 is 5.78 Å². The van der Waals surface area contributed by atoms with Crippen molar-refractivity contribution in [2.75, 3.05) is 34.9 Å². The van der Waals surface area contributed by atoms with Gasteiger partial charge in [-0.25, -0.2) is 0 Å². The van der Waals surface area contributed by atoms with Crippen LogP contribution >= 0.6 is 0 Å². The number of carbonyl (C=O) groups is 1. The molecule has 0 spiro atoms. The van der Waals surface area contributed by atoms with E-state index in [4.69, 9.17) is 9.47 Å². The van der Waals surface area contributed by atoms with Gasteiger partial charge in [0.15, 0.2) is 17.3 Å². The lowest BCUT2D eigenvalue weighted by atomic mass is 9.71. The number of ketones is 1. The second-order valence-electron chi connectivity index (χ2n) is 6.08. The first-order chi connectivity index (χ1) is 10.5. The van der Waals surface area contributed by atoms with Gasteiger partial charge in [-0.3, -0.25) is 4.79 Å². The predicted octanol–water partition coefficient (Wildman–Crippen LogP) is 2.81. The van der Waals surface area contributed by atoms with Crippen molar-refractivity contribution in [1.29, 1.82) is 0 Å². The molecule has 0 bridgehead atoms. The number of benzene rings is 1. The number of rotatable bonds is 6. The van der Waals surface area contributed by atoms with E-state index in [1.807, 2.05) is 12.1 Å². The Bertz CT molecular complexity index is 565. The highest BCUT2D eigenvalue weighted by Crippen LogP contribution is 2.41. The molecular formula is C18H25NO3. The van der Waals surface area contributed by atoms with Crippen LogP contribution in [0.5, 0.6) is 11.5 Å². The highest BCUT2D eigenvalue weighted by Gasteiger charge is 2.33. The molecule has 1 atom stereocenters. The maximum absolute atomic E-state index is 11.6. The molecule has 1 aromatic rings. The van der Waals surface area contributed by atoms with Gasteiger partial charge in [-0.15, -0.1) is 0 Å². The van der Waals surface area contributed by atoms with E-state index in [0.717, 1.165) is 30.9 Å². The molecule has 0 aromatic heterocycles. The SMILES string of the molecule is COc1ccc([C@]2(CCN(C)C)C=CC(=O)CC2)cc1OC. The van der Waals surface area contributed by atoms with Crippen molar-refractivity contribution in [3.63, 3.8) is 0 Å². The van der Waals surface area contributed by atoms with E-state index in [1.165, 1.54) is 5.56 Å². The Morgan fingerprint density at radius 2 is 1.91 bits per heavy atom. The maximum Gasteiger partial charge on any atom is 0.161 e. The monoisotopic (exact) mass is 303 g/mol. The molecule has 0 aliphatic heterocycles. The average Bonchev–Trinajstić information content (AvgIpc) is 2.54. The molecule has 0 saturated carbocycles. The summed E-state index contributed by atoms with van der Waals surface area (Å²) in [6.45, 7) is 0.965. The number of carbonyl (C=O) groups excluding carboxylic acids is 1. The molecule has 0 heterocycles. The molecule has 0 radical (unpaired) electrons. The molecular weight excluding hydrogens is 278 g/mol. The zero-order chi connectivity index (χ0) is 16.2. The second kappa shape index (κ2) is 6.97. The predicted molar refractivity (Wildman–Crippen MR) is 87.8 cm³/mol. The van der Waals surface area contributed by atoms with Gasteiger partial charge < -0.3 is 14.4 Å². The first-order valence-corrected chi connectivity index (χ1v) is 7.60. The first-order valence-electron chi connectivity index (χ1n) is 7.60. The topological polar surface area (TPSA) is 38.8 Å². The molecule has 0 unspecified atom stereocenters. The van der Waals surface area contributed by atoms with Crippen LogP contribution in [0.1, 0.15) is 24.8 Å². The number of hydrogen-bond acceptors (Lipinski definition) is 4. The van der Waals surface area contributed by atoms with Crippen molar-refractivity contribution < 1.29 is 14.3 Å². The van der Waals surface area contributed by atoms with Gasteiger partial charge >= 0.3 is 0 Å². The van der Waals surface area contributed by atoms with Gasteiger partial charge in [0.1, 0.15) is 0 Å². The van der Waals surface area contributed by atoms with Crippen LogP contribution in [-0.2, 0) is 10.2 Å². The molecule has 0 fully saturated rings.